The lowest BCUT2D eigenvalue weighted by atomic mass is 10.5. The quantitative estimate of drug-likeness (QED) is 0.550. The van der Waals surface area contributed by atoms with Crippen LogP contribution < -0.4 is 0 Å². The predicted octanol–water partition coefficient (Wildman–Crippen LogP) is 2.82. The van der Waals surface area contributed by atoms with Crippen LogP contribution in [0.3, 0.4) is 0 Å². The number of hydrogen-bond acceptors (Lipinski definition) is 4. The van der Waals surface area contributed by atoms with Crippen molar-refractivity contribution in [2.24, 2.45) is 0 Å². The van der Waals surface area contributed by atoms with Gasteiger partial charge in [0.1, 0.15) is 0 Å². The maximum Gasteiger partial charge on any atom is 0.0808 e. The Balaban J connectivity index is 2.03. The molecular formula is C10H12N2S2. The lowest BCUT2D eigenvalue weighted by molar-refractivity contribution is 1.12. The van der Waals surface area contributed by atoms with Gasteiger partial charge in [0.15, 0.2) is 0 Å². The summed E-state index contributed by atoms with van der Waals surface area (Å²) < 4.78 is 0. The van der Waals surface area contributed by atoms with Gasteiger partial charge in [0.25, 0.3) is 0 Å². The van der Waals surface area contributed by atoms with Crippen LogP contribution in [-0.2, 0) is 0 Å². The van der Waals surface area contributed by atoms with Gasteiger partial charge in [-0.05, 0) is 30.1 Å². The molecule has 0 spiro atoms. The molecule has 14 heavy (non-hydrogen) atoms. The average molecular weight is 224 g/mol. The van der Waals surface area contributed by atoms with Crippen molar-refractivity contribution >= 4 is 23.5 Å². The molecule has 0 radical (unpaired) electrons. The fourth-order valence-electron chi connectivity index (χ4n) is 0.903. The number of nitrogens with zero attached hydrogens (tertiary/aromatic N) is 2. The molecule has 0 fully saturated rings. The van der Waals surface area contributed by atoms with Gasteiger partial charge in [0.05, 0.1) is 11.8 Å². The SMILES string of the molecule is N#CCSCCCSc1ccncc1. The summed E-state index contributed by atoms with van der Waals surface area (Å²) in [6.45, 7) is 0. The first kappa shape index (κ1) is 11.4. The fraction of sp³-hybridized carbons (Fsp3) is 0.400. The molecule has 2 nitrogen and oxygen atoms in total. The van der Waals surface area contributed by atoms with E-state index in [9.17, 15) is 0 Å². The summed E-state index contributed by atoms with van der Waals surface area (Å²) in [5.41, 5.74) is 0. The van der Waals surface area contributed by atoms with E-state index in [1.165, 1.54) is 4.90 Å². The van der Waals surface area contributed by atoms with Crippen molar-refractivity contribution in [1.82, 2.24) is 4.98 Å². The van der Waals surface area contributed by atoms with Gasteiger partial charge in [-0.1, -0.05) is 0 Å². The molecule has 1 aromatic rings. The molecule has 0 aromatic carbocycles. The van der Waals surface area contributed by atoms with Crippen molar-refractivity contribution in [3.8, 4) is 6.07 Å². The van der Waals surface area contributed by atoms with Crippen molar-refractivity contribution < 1.29 is 0 Å². The first-order valence-corrected chi connectivity index (χ1v) is 6.55. The molecule has 0 aliphatic rings. The lowest BCUT2D eigenvalue weighted by Crippen LogP contribution is -1.85. The van der Waals surface area contributed by atoms with Gasteiger partial charge in [-0.15, -0.1) is 23.5 Å². The highest BCUT2D eigenvalue weighted by molar-refractivity contribution is 8.00. The second-order valence-electron chi connectivity index (χ2n) is 2.60. The maximum absolute atomic E-state index is 8.32. The van der Waals surface area contributed by atoms with Crippen LogP contribution in [0.25, 0.3) is 0 Å². The Morgan fingerprint density at radius 1 is 1.29 bits per heavy atom. The standard InChI is InChI=1S/C10H12N2S2/c11-4-9-13-7-1-8-14-10-2-5-12-6-3-10/h2-3,5-6H,1,7-9H2. The molecule has 1 aromatic heterocycles. The zero-order valence-electron chi connectivity index (χ0n) is 7.85. The molecule has 74 valence electrons. The Kier molecular flexibility index (Phi) is 6.29. The molecule has 0 unspecified atom stereocenters. The Morgan fingerprint density at radius 2 is 2.07 bits per heavy atom. The summed E-state index contributed by atoms with van der Waals surface area (Å²) in [5, 5.41) is 8.32. The molecule has 0 saturated heterocycles. The van der Waals surface area contributed by atoms with Crippen LogP contribution in [0.15, 0.2) is 29.4 Å². The van der Waals surface area contributed by atoms with Gasteiger partial charge in [-0.3, -0.25) is 4.98 Å². The summed E-state index contributed by atoms with van der Waals surface area (Å²) in [4.78, 5) is 5.23. The average Bonchev–Trinajstić information content (AvgIpc) is 2.25. The Labute approximate surface area is 93.1 Å². The van der Waals surface area contributed by atoms with Crippen molar-refractivity contribution in [3.63, 3.8) is 0 Å². The van der Waals surface area contributed by atoms with E-state index >= 15 is 0 Å². The van der Waals surface area contributed by atoms with Crippen molar-refractivity contribution in [1.29, 1.82) is 5.26 Å². The van der Waals surface area contributed by atoms with Crippen LogP contribution in [0.5, 0.6) is 0 Å². The van der Waals surface area contributed by atoms with E-state index in [-0.39, 0.29) is 0 Å². The van der Waals surface area contributed by atoms with Gasteiger partial charge in [0.2, 0.25) is 0 Å². The van der Waals surface area contributed by atoms with E-state index in [1.54, 1.807) is 11.8 Å². The fourth-order valence-corrected chi connectivity index (χ4v) is 2.51. The molecule has 0 bridgehead atoms. The number of pyridine rings is 1. The van der Waals surface area contributed by atoms with Crippen LogP contribution >= 0.6 is 23.5 Å². The predicted molar refractivity (Wildman–Crippen MR) is 62.5 cm³/mol. The van der Waals surface area contributed by atoms with Gasteiger partial charge < -0.3 is 0 Å². The van der Waals surface area contributed by atoms with Gasteiger partial charge >= 0.3 is 0 Å². The van der Waals surface area contributed by atoms with Gasteiger partial charge in [-0.25, -0.2) is 0 Å². The summed E-state index contributed by atoms with van der Waals surface area (Å²) >= 11 is 3.54. The Hall–Kier alpha value is -0.660. The third kappa shape index (κ3) is 5.15. The molecule has 4 heteroatoms. The largest absolute Gasteiger partial charge is 0.265 e. The molecular weight excluding hydrogens is 212 g/mol. The molecule has 0 amide bonds. The van der Waals surface area contributed by atoms with E-state index < -0.39 is 0 Å². The first-order chi connectivity index (χ1) is 6.93. The molecule has 1 rings (SSSR count). The molecule has 1 heterocycles. The highest BCUT2D eigenvalue weighted by atomic mass is 32.2. The number of aromatic nitrogens is 1. The summed E-state index contributed by atoms with van der Waals surface area (Å²) in [7, 11) is 0. The minimum atomic E-state index is 0.611. The van der Waals surface area contributed by atoms with E-state index in [1.807, 2.05) is 36.3 Å². The summed E-state index contributed by atoms with van der Waals surface area (Å²) in [5.74, 6) is 2.80. The molecule has 0 aliphatic carbocycles. The van der Waals surface area contributed by atoms with Gasteiger partial charge in [-0.2, -0.15) is 5.26 Å². The zero-order valence-corrected chi connectivity index (χ0v) is 9.48. The van der Waals surface area contributed by atoms with Crippen LogP contribution in [0.2, 0.25) is 0 Å². The van der Waals surface area contributed by atoms with E-state index in [4.69, 9.17) is 5.26 Å². The third-order valence-electron chi connectivity index (χ3n) is 1.52. The van der Waals surface area contributed by atoms with Crippen molar-refractivity contribution in [2.75, 3.05) is 17.3 Å². The summed E-state index contributed by atoms with van der Waals surface area (Å²) in [6.07, 6.45) is 4.78. The zero-order chi connectivity index (χ0) is 10.1. The first-order valence-electron chi connectivity index (χ1n) is 4.41. The van der Waals surface area contributed by atoms with Crippen LogP contribution in [-0.4, -0.2) is 22.2 Å². The second-order valence-corrected chi connectivity index (χ2v) is 4.87. The minimum absolute atomic E-state index is 0.611. The molecule has 0 N–H and O–H groups in total. The highest BCUT2D eigenvalue weighted by Gasteiger charge is 1.93. The monoisotopic (exact) mass is 224 g/mol. The van der Waals surface area contributed by atoms with Crippen molar-refractivity contribution in [2.45, 2.75) is 11.3 Å². The van der Waals surface area contributed by atoms with Crippen molar-refractivity contribution in [3.05, 3.63) is 24.5 Å². The number of thioether (sulfide) groups is 2. The highest BCUT2D eigenvalue weighted by Crippen LogP contribution is 2.17. The maximum atomic E-state index is 8.32. The topological polar surface area (TPSA) is 36.7 Å². The minimum Gasteiger partial charge on any atom is -0.265 e. The second kappa shape index (κ2) is 7.72. The van der Waals surface area contributed by atoms with Crippen LogP contribution in [0.4, 0.5) is 0 Å². The molecule has 0 saturated carbocycles. The number of hydrogen-bond donors (Lipinski definition) is 0. The normalized spacial score (nSPS) is 9.64. The third-order valence-corrected chi connectivity index (χ3v) is 3.53. The van der Waals surface area contributed by atoms with E-state index in [0.717, 1.165) is 17.9 Å². The van der Waals surface area contributed by atoms with E-state index in [2.05, 4.69) is 11.1 Å². The van der Waals surface area contributed by atoms with Gasteiger partial charge in [0, 0.05) is 17.3 Å². The lowest BCUT2D eigenvalue weighted by Gasteiger charge is -1.99. The van der Waals surface area contributed by atoms with E-state index in [0.29, 0.717) is 5.75 Å². The smallest absolute Gasteiger partial charge is 0.0808 e. The summed E-state index contributed by atoms with van der Waals surface area (Å²) in [6, 6.07) is 6.17. The Bertz CT molecular complexity index is 282. The molecule has 0 atom stereocenters. The number of nitriles is 1. The number of rotatable bonds is 6. The van der Waals surface area contributed by atoms with Crippen LogP contribution in [0.1, 0.15) is 6.42 Å². The molecule has 0 aliphatic heterocycles. The Morgan fingerprint density at radius 3 is 2.79 bits per heavy atom. The van der Waals surface area contributed by atoms with Crippen LogP contribution in [0, 0.1) is 11.3 Å².